The van der Waals surface area contributed by atoms with Crippen LogP contribution in [-0.4, -0.2) is 18.4 Å². The Morgan fingerprint density at radius 1 is 1.04 bits per heavy atom. The zero-order valence-electron chi connectivity index (χ0n) is 14.4. The van der Waals surface area contributed by atoms with E-state index in [9.17, 15) is 9.59 Å². The van der Waals surface area contributed by atoms with Gasteiger partial charge < -0.3 is 10.2 Å². The number of benzene rings is 2. The number of rotatable bonds is 5. The van der Waals surface area contributed by atoms with Crippen molar-refractivity contribution in [1.29, 1.82) is 0 Å². The van der Waals surface area contributed by atoms with E-state index in [2.05, 4.69) is 5.32 Å². The van der Waals surface area contributed by atoms with Crippen LogP contribution in [0.25, 0.3) is 0 Å². The molecule has 2 aromatic rings. The molecule has 132 valence electrons. The first-order chi connectivity index (χ1) is 11.8. The van der Waals surface area contributed by atoms with Gasteiger partial charge in [-0.05, 0) is 43.2 Å². The first kappa shape index (κ1) is 19.3. The molecule has 0 saturated carbocycles. The van der Waals surface area contributed by atoms with Crippen LogP contribution < -0.4 is 10.2 Å². The van der Waals surface area contributed by atoms with Crippen LogP contribution in [0.1, 0.15) is 24.5 Å². The van der Waals surface area contributed by atoms with Gasteiger partial charge in [-0.1, -0.05) is 41.4 Å². The Morgan fingerprint density at radius 3 is 2.24 bits per heavy atom. The molecule has 0 fully saturated rings. The van der Waals surface area contributed by atoms with Crippen molar-refractivity contribution in [1.82, 2.24) is 0 Å². The number of hydrogen-bond donors (Lipinski definition) is 1. The van der Waals surface area contributed by atoms with Crippen LogP contribution in [0.15, 0.2) is 36.4 Å². The summed E-state index contributed by atoms with van der Waals surface area (Å²) in [7, 11) is 0. The summed E-state index contributed by atoms with van der Waals surface area (Å²) in [6.45, 7) is 5.55. The second kappa shape index (κ2) is 8.37. The number of aryl methyl sites for hydroxylation is 1. The minimum absolute atomic E-state index is 0.133. The van der Waals surface area contributed by atoms with Gasteiger partial charge in [-0.15, -0.1) is 0 Å². The molecule has 0 aliphatic rings. The van der Waals surface area contributed by atoms with Crippen LogP contribution in [0.2, 0.25) is 10.0 Å². The van der Waals surface area contributed by atoms with Crippen LogP contribution in [0, 0.1) is 13.8 Å². The van der Waals surface area contributed by atoms with Gasteiger partial charge in [0.1, 0.15) is 0 Å². The largest absolute Gasteiger partial charge is 0.326 e. The molecule has 0 aliphatic heterocycles. The molecule has 4 nitrogen and oxygen atoms in total. The summed E-state index contributed by atoms with van der Waals surface area (Å²) in [6.07, 6.45) is 0.133. The third-order valence-corrected chi connectivity index (χ3v) is 4.64. The molecule has 25 heavy (non-hydrogen) atoms. The van der Waals surface area contributed by atoms with Crippen molar-refractivity contribution in [3.05, 3.63) is 57.6 Å². The van der Waals surface area contributed by atoms with Crippen molar-refractivity contribution < 1.29 is 9.59 Å². The second-order valence-corrected chi connectivity index (χ2v) is 6.60. The Morgan fingerprint density at radius 2 is 1.64 bits per heavy atom. The van der Waals surface area contributed by atoms with Crippen molar-refractivity contribution in [2.45, 2.75) is 27.2 Å². The molecule has 0 bridgehead atoms. The van der Waals surface area contributed by atoms with E-state index >= 15 is 0 Å². The van der Waals surface area contributed by atoms with Gasteiger partial charge in [-0.2, -0.15) is 0 Å². The highest BCUT2D eigenvalue weighted by atomic mass is 35.5. The topological polar surface area (TPSA) is 49.4 Å². The molecule has 2 rings (SSSR count). The molecule has 1 N–H and O–H groups in total. The Bertz CT molecular complexity index is 786. The fourth-order valence-corrected chi connectivity index (χ4v) is 3.09. The SMILES string of the molecule is CC(=O)N(CCC(=O)Nc1cccc(C)c1C)c1c(Cl)cccc1Cl. The second-order valence-electron chi connectivity index (χ2n) is 5.79. The standard InChI is InChI=1S/C19H20Cl2N2O2/c1-12-6-4-9-17(13(12)2)22-18(25)10-11-23(14(3)24)19-15(20)7-5-8-16(19)21/h4-9H,10-11H2,1-3H3,(H,22,25). The van der Waals surface area contributed by atoms with E-state index < -0.39 is 0 Å². The monoisotopic (exact) mass is 378 g/mol. The normalized spacial score (nSPS) is 10.4. The van der Waals surface area contributed by atoms with Gasteiger partial charge in [0.15, 0.2) is 0 Å². The number of halogens is 2. The summed E-state index contributed by atoms with van der Waals surface area (Å²) in [5.41, 5.74) is 3.33. The van der Waals surface area contributed by atoms with Crippen LogP contribution in [-0.2, 0) is 9.59 Å². The first-order valence-corrected chi connectivity index (χ1v) is 8.65. The molecule has 2 aromatic carbocycles. The molecule has 0 unspecified atom stereocenters. The van der Waals surface area contributed by atoms with Gasteiger partial charge in [0.05, 0.1) is 15.7 Å². The maximum atomic E-state index is 12.3. The quantitative estimate of drug-likeness (QED) is 0.796. The number of amides is 2. The molecule has 0 spiro atoms. The lowest BCUT2D eigenvalue weighted by Crippen LogP contribution is -2.32. The zero-order chi connectivity index (χ0) is 18.6. The van der Waals surface area contributed by atoms with Crippen LogP contribution in [0.3, 0.4) is 0 Å². The highest BCUT2D eigenvalue weighted by Gasteiger charge is 2.19. The fourth-order valence-electron chi connectivity index (χ4n) is 2.49. The Labute approximate surface area is 157 Å². The molecule has 0 aromatic heterocycles. The summed E-state index contributed by atoms with van der Waals surface area (Å²) >= 11 is 12.3. The summed E-state index contributed by atoms with van der Waals surface area (Å²) in [4.78, 5) is 25.7. The molecule has 0 radical (unpaired) electrons. The van der Waals surface area contributed by atoms with Gasteiger partial charge in [0.25, 0.3) is 0 Å². The van der Waals surface area contributed by atoms with Crippen molar-refractivity contribution >= 4 is 46.4 Å². The van der Waals surface area contributed by atoms with Crippen LogP contribution in [0.5, 0.6) is 0 Å². The van der Waals surface area contributed by atoms with E-state index in [1.807, 2.05) is 32.0 Å². The summed E-state index contributed by atoms with van der Waals surface area (Å²) in [6, 6.07) is 10.8. The molecule has 0 atom stereocenters. The molecular weight excluding hydrogens is 359 g/mol. The Hall–Kier alpha value is -2.04. The predicted octanol–water partition coefficient (Wildman–Crippen LogP) is 4.99. The molecule has 6 heteroatoms. The number of carbonyl (C=O) groups excluding carboxylic acids is 2. The van der Waals surface area contributed by atoms with Crippen LogP contribution >= 0.6 is 23.2 Å². The summed E-state index contributed by atoms with van der Waals surface area (Å²) < 4.78 is 0. The Balaban J connectivity index is 2.10. The average Bonchev–Trinajstić information content (AvgIpc) is 2.54. The lowest BCUT2D eigenvalue weighted by Gasteiger charge is -2.23. The highest BCUT2D eigenvalue weighted by Crippen LogP contribution is 2.33. The molecular formula is C19H20Cl2N2O2. The van der Waals surface area contributed by atoms with Gasteiger partial charge in [0, 0.05) is 25.6 Å². The van der Waals surface area contributed by atoms with E-state index in [1.54, 1.807) is 18.2 Å². The van der Waals surface area contributed by atoms with Crippen LogP contribution in [0.4, 0.5) is 11.4 Å². The number of carbonyl (C=O) groups is 2. The van der Waals surface area contributed by atoms with E-state index in [-0.39, 0.29) is 24.8 Å². The molecule has 2 amide bonds. The predicted molar refractivity (Wildman–Crippen MR) is 104 cm³/mol. The molecule has 0 heterocycles. The third kappa shape index (κ3) is 4.74. The number of anilines is 2. The minimum Gasteiger partial charge on any atom is -0.326 e. The average molecular weight is 379 g/mol. The van der Waals surface area contributed by atoms with Gasteiger partial charge in [-0.25, -0.2) is 0 Å². The minimum atomic E-state index is -0.227. The summed E-state index contributed by atoms with van der Waals surface area (Å²) in [5, 5.41) is 3.63. The smallest absolute Gasteiger partial charge is 0.226 e. The highest BCUT2D eigenvalue weighted by molar-refractivity contribution is 6.39. The number of para-hydroxylation sites is 1. The van der Waals surface area contributed by atoms with E-state index in [1.165, 1.54) is 11.8 Å². The number of nitrogens with zero attached hydrogens (tertiary/aromatic N) is 1. The number of nitrogens with one attached hydrogen (secondary N) is 1. The maximum Gasteiger partial charge on any atom is 0.226 e. The maximum absolute atomic E-state index is 12.3. The molecule has 0 saturated heterocycles. The zero-order valence-corrected chi connectivity index (χ0v) is 15.9. The summed E-state index contributed by atoms with van der Waals surface area (Å²) in [5.74, 6) is -0.405. The van der Waals surface area contributed by atoms with Crippen molar-refractivity contribution in [2.75, 3.05) is 16.8 Å². The van der Waals surface area contributed by atoms with Crippen molar-refractivity contribution in [2.24, 2.45) is 0 Å². The van der Waals surface area contributed by atoms with E-state index in [4.69, 9.17) is 23.2 Å². The van der Waals surface area contributed by atoms with E-state index in [0.717, 1.165) is 16.8 Å². The molecule has 0 aliphatic carbocycles. The first-order valence-electron chi connectivity index (χ1n) is 7.89. The third-order valence-electron chi connectivity index (χ3n) is 4.03. The van der Waals surface area contributed by atoms with Crippen molar-refractivity contribution in [3.8, 4) is 0 Å². The van der Waals surface area contributed by atoms with Gasteiger partial charge in [0.2, 0.25) is 11.8 Å². The lowest BCUT2D eigenvalue weighted by molar-refractivity contribution is -0.117. The van der Waals surface area contributed by atoms with E-state index in [0.29, 0.717) is 15.7 Å². The van der Waals surface area contributed by atoms with Gasteiger partial charge in [-0.3, -0.25) is 9.59 Å². The lowest BCUT2D eigenvalue weighted by atomic mass is 10.1. The van der Waals surface area contributed by atoms with Crippen molar-refractivity contribution in [3.63, 3.8) is 0 Å². The van der Waals surface area contributed by atoms with Gasteiger partial charge >= 0.3 is 0 Å². The Kier molecular flexibility index (Phi) is 6.45. The fraction of sp³-hybridized carbons (Fsp3) is 0.263. The number of hydrogen-bond acceptors (Lipinski definition) is 2.